The Balaban J connectivity index is 2.80. The molecule has 1 rings (SSSR count). The average molecular weight is 269 g/mol. The van der Waals surface area contributed by atoms with Crippen molar-refractivity contribution in [2.45, 2.75) is 79.4 Å². The van der Waals surface area contributed by atoms with Crippen LogP contribution in [-0.2, 0) is 4.74 Å². The highest BCUT2D eigenvalue weighted by molar-refractivity contribution is 5.69. The molecule has 0 bridgehead atoms. The van der Waals surface area contributed by atoms with E-state index in [4.69, 9.17) is 4.74 Å². The minimum atomic E-state index is -0.444. The molecule has 0 heterocycles. The molecule has 1 unspecified atom stereocenters. The van der Waals surface area contributed by atoms with Gasteiger partial charge >= 0.3 is 6.09 Å². The van der Waals surface area contributed by atoms with Crippen LogP contribution in [-0.4, -0.2) is 17.2 Å². The molecule has 19 heavy (non-hydrogen) atoms. The van der Waals surface area contributed by atoms with E-state index in [-0.39, 0.29) is 17.0 Å². The fourth-order valence-electron chi connectivity index (χ4n) is 3.46. The molecule has 112 valence electrons. The van der Waals surface area contributed by atoms with Crippen LogP contribution in [0.5, 0.6) is 0 Å². The maximum absolute atomic E-state index is 12.1. The number of rotatable bonds is 2. The third kappa shape index (κ3) is 3.43. The van der Waals surface area contributed by atoms with E-state index in [2.05, 4.69) is 39.9 Å². The van der Waals surface area contributed by atoms with Crippen LogP contribution in [0.3, 0.4) is 0 Å². The fraction of sp³-hybridized carbons (Fsp3) is 0.938. The Kier molecular flexibility index (Phi) is 4.29. The minimum Gasteiger partial charge on any atom is -0.444 e. The van der Waals surface area contributed by atoms with Gasteiger partial charge in [-0.3, -0.25) is 0 Å². The number of carbonyl (C=O) groups excluding carboxylic acids is 1. The first-order chi connectivity index (χ1) is 8.39. The molecule has 1 aliphatic carbocycles. The van der Waals surface area contributed by atoms with Gasteiger partial charge in [-0.1, -0.05) is 27.7 Å². The van der Waals surface area contributed by atoms with Crippen molar-refractivity contribution in [3.05, 3.63) is 0 Å². The SMILES string of the molecule is CC(C)C1CC[C@](C)(NC(=O)OC(C)(C)C)C1(C)C. The topological polar surface area (TPSA) is 38.3 Å². The van der Waals surface area contributed by atoms with Crippen molar-refractivity contribution in [2.75, 3.05) is 0 Å². The van der Waals surface area contributed by atoms with Gasteiger partial charge in [-0.2, -0.15) is 0 Å². The first kappa shape index (κ1) is 16.3. The summed E-state index contributed by atoms with van der Waals surface area (Å²) in [5.41, 5.74) is -0.553. The molecule has 1 saturated carbocycles. The van der Waals surface area contributed by atoms with Crippen molar-refractivity contribution >= 4 is 6.09 Å². The summed E-state index contributed by atoms with van der Waals surface area (Å²) in [4.78, 5) is 12.1. The van der Waals surface area contributed by atoms with Crippen molar-refractivity contribution in [1.82, 2.24) is 5.32 Å². The van der Waals surface area contributed by atoms with Crippen molar-refractivity contribution in [2.24, 2.45) is 17.3 Å². The maximum Gasteiger partial charge on any atom is 0.408 e. The largest absolute Gasteiger partial charge is 0.444 e. The van der Waals surface area contributed by atoms with Crippen molar-refractivity contribution in [3.63, 3.8) is 0 Å². The molecular weight excluding hydrogens is 238 g/mol. The Morgan fingerprint density at radius 2 is 1.79 bits per heavy atom. The molecule has 0 saturated heterocycles. The van der Waals surface area contributed by atoms with Gasteiger partial charge in [0.2, 0.25) is 0 Å². The standard InChI is InChI=1S/C16H31NO2/c1-11(2)12-9-10-16(8,15(12,6)7)17-13(18)19-14(3,4)5/h11-12H,9-10H2,1-8H3,(H,17,18)/t12?,16-/m0/s1. The molecule has 2 atom stereocenters. The monoisotopic (exact) mass is 269 g/mol. The number of carbonyl (C=O) groups is 1. The van der Waals surface area contributed by atoms with Gasteiger partial charge in [0.15, 0.2) is 0 Å². The summed E-state index contributed by atoms with van der Waals surface area (Å²) in [6.45, 7) is 16.9. The van der Waals surface area contributed by atoms with E-state index >= 15 is 0 Å². The predicted octanol–water partition coefficient (Wildman–Crippen LogP) is 4.36. The van der Waals surface area contributed by atoms with Gasteiger partial charge in [0.1, 0.15) is 5.60 Å². The molecule has 1 aliphatic rings. The molecule has 0 aliphatic heterocycles. The molecule has 0 aromatic rings. The zero-order valence-corrected chi connectivity index (χ0v) is 13.9. The van der Waals surface area contributed by atoms with Crippen molar-refractivity contribution in [3.8, 4) is 0 Å². The van der Waals surface area contributed by atoms with Crippen molar-refractivity contribution in [1.29, 1.82) is 0 Å². The summed E-state index contributed by atoms with van der Waals surface area (Å²) in [6, 6.07) is 0. The molecule has 1 fully saturated rings. The second-order valence-electron chi connectivity index (χ2n) is 8.07. The van der Waals surface area contributed by atoms with E-state index in [1.165, 1.54) is 0 Å². The molecule has 0 spiro atoms. The van der Waals surface area contributed by atoms with Crippen LogP contribution in [0, 0.1) is 17.3 Å². The molecule has 3 nitrogen and oxygen atoms in total. The highest BCUT2D eigenvalue weighted by Crippen LogP contribution is 2.52. The summed E-state index contributed by atoms with van der Waals surface area (Å²) in [5, 5.41) is 3.13. The van der Waals surface area contributed by atoms with Gasteiger partial charge in [0.05, 0.1) is 0 Å². The maximum atomic E-state index is 12.1. The van der Waals surface area contributed by atoms with Gasteiger partial charge in [0, 0.05) is 5.54 Å². The molecule has 0 aromatic carbocycles. The van der Waals surface area contributed by atoms with Gasteiger partial charge < -0.3 is 10.1 Å². The van der Waals surface area contributed by atoms with Gasteiger partial charge in [-0.05, 0) is 57.8 Å². The lowest BCUT2D eigenvalue weighted by Gasteiger charge is -2.43. The molecule has 0 aromatic heterocycles. The Hall–Kier alpha value is -0.730. The zero-order chi connectivity index (χ0) is 15.1. The van der Waals surface area contributed by atoms with E-state index in [1.807, 2.05) is 20.8 Å². The van der Waals surface area contributed by atoms with Crippen LogP contribution in [0.25, 0.3) is 0 Å². The van der Waals surface area contributed by atoms with Crippen molar-refractivity contribution < 1.29 is 9.53 Å². The molecule has 3 heteroatoms. The first-order valence-corrected chi connectivity index (χ1v) is 7.40. The fourth-order valence-corrected chi connectivity index (χ4v) is 3.46. The van der Waals surface area contributed by atoms with Gasteiger partial charge in [-0.25, -0.2) is 4.79 Å². The van der Waals surface area contributed by atoms with E-state index in [1.54, 1.807) is 0 Å². The molecule has 1 N–H and O–H groups in total. The quantitative estimate of drug-likeness (QED) is 0.808. The average Bonchev–Trinajstić information content (AvgIpc) is 2.33. The lowest BCUT2D eigenvalue weighted by Crippen LogP contribution is -2.55. The Morgan fingerprint density at radius 3 is 2.16 bits per heavy atom. The highest BCUT2D eigenvalue weighted by atomic mass is 16.6. The van der Waals surface area contributed by atoms with Gasteiger partial charge in [-0.15, -0.1) is 0 Å². The van der Waals surface area contributed by atoms with Crippen LogP contribution < -0.4 is 5.32 Å². The number of nitrogens with one attached hydrogen (secondary N) is 1. The zero-order valence-electron chi connectivity index (χ0n) is 13.9. The summed E-state index contributed by atoms with van der Waals surface area (Å²) in [7, 11) is 0. The summed E-state index contributed by atoms with van der Waals surface area (Å²) < 4.78 is 5.40. The number of hydrogen-bond acceptors (Lipinski definition) is 2. The Bertz CT molecular complexity index is 341. The third-order valence-corrected chi connectivity index (χ3v) is 4.89. The minimum absolute atomic E-state index is 0.0814. The molecule has 0 radical (unpaired) electrons. The van der Waals surface area contributed by atoms with Crippen LogP contribution in [0.2, 0.25) is 0 Å². The van der Waals surface area contributed by atoms with Crippen LogP contribution in [0.15, 0.2) is 0 Å². The summed E-state index contributed by atoms with van der Waals surface area (Å²) in [5.74, 6) is 1.27. The number of hydrogen-bond donors (Lipinski definition) is 1. The van der Waals surface area contributed by atoms with E-state index in [0.29, 0.717) is 11.8 Å². The van der Waals surface area contributed by atoms with E-state index in [9.17, 15) is 4.79 Å². The normalized spacial score (nSPS) is 30.5. The van der Waals surface area contributed by atoms with Crippen LogP contribution in [0.4, 0.5) is 4.79 Å². The first-order valence-electron chi connectivity index (χ1n) is 7.40. The lowest BCUT2D eigenvalue weighted by atomic mass is 9.68. The molecule has 1 amide bonds. The number of ether oxygens (including phenoxy) is 1. The summed E-state index contributed by atoms with van der Waals surface area (Å²) >= 11 is 0. The Morgan fingerprint density at radius 1 is 1.26 bits per heavy atom. The van der Waals surface area contributed by atoms with E-state index < -0.39 is 5.60 Å². The molecular formula is C16H31NO2. The van der Waals surface area contributed by atoms with E-state index in [0.717, 1.165) is 12.8 Å². The smallest absolute Gasteiger partial charge is 0.408 e. The number of amides is 1. The lowest BCUT2D eigenvalue weighted by molar-refractivity contribution is 0.0322. The third-order valence-electron chi connectivity index (χ3n) is 4.89. The Labute approximate surface area is 118 Å². The second-order valence-corrected chi connectivity index (χ2v) is 8.07. The highest BCUT2D eigenvalue weighted by Gasteiger charge is 2.53. The number of alkyl carbamates (subject to hydrolysis) is 1. The van der Waals surface area contributed by atoms with Crippen LogP contribution in [0.1, 0.15) is 68.2 Å². The van der Waals surface area contributed by atoms with Crippen LogP contribution >= 0.6 is 0 Å². The predicted molar refractivity (Wildman–Crippen MR) is 79.1 cm³/mol. The summed E-state index contributed by atoms with van der Waals surface area (Å²) in [6.07, 6.45) is 1.88. The second kappa shape index (κ2) is 4.99. The van der Waals surface area contributed by atoms with Gasteiger partial charge in [0.25, 0.3) is 0 Å².